The Morgan fingerprint density at radius 2 is 2.00 bits per heavy atom. The molecular formula is C21H22F3N5O3S. The van der Waals surface area contributed by atoms with Gasteiger partial charge in [-0.15, -0.1) is 0 Å². The average molecular weight is 482 g/mol. The standard InChI is InChI=1S/C21H22F3N5O3S/c1-13-8-18(33(30,31)28-19-5-6-25-12-26-19)15(22)9-17(13)32-20(2)11-21(23,24)10-14(20)16-4-7-27-29(16)3/h4-9,12,14H,10-11H2,1-3H3,(H,25,26,28)/t14-,20-/m1/s1. The summed E-state index contributed by atoms with van der Waals surface area (Å²) in [4.78, 5) is 6.84. The first-order valence-electron chi connectivity index (χ1n) is 10.0. The molecule has 4 rings (SSSR count). The van der Waals surface area contributed by atoms with E-state index in [-0.39, 0.29) is 17.1 Å². The van der Waals surface area contributed by atoms with Gasteiger partial charge in [-0.2, -0.15) is 5.10 Å². The van der Waals surface area contributed by atoms with Crippen LogP contribution in [0.25, 0.3) is 0 Å². The number of sulfonamides is 1. The molecule has 0 bridgehead atoms. The monoisotopic (exact) mass is 481 g/mol. The number of hydrogen-bond donors (Lipinski definition) is 1. The van der Waals surface area contributed by atoms with Crippen LogP contribution in [-0.2, 0) is 17.1 Å². The summed E-state index contributed by atoms with van der Waals surface area (Å²) in [5.74, 6) is -4.81. The molecule has 0 unspecified atom stereocenters. The first-order chi connectivity index (χ1) is 15.4. The van der Waals surface area contributed by atoms with Crippen molar-refractivity contribution in [2.45, 2.75) is 49.0 Å². The van der Waals surface area contributed by atoms with Gasteiger partial charge in [0.25, 0.3) is 15.9 Å². The van der Waals surface area contributed by atoms with E-state index in [1.54, 1.807) is 20.0 Å². The van der Waals surface area contributed by atoms with E-state index in [1.807, 2.05) is 0 Å². The van der Waals surface area contributed by atoms with Crippen molar-refractivity contribution in [1.82, 2.24) is 19.7 Å². The third-order valence-electron chi connectivity index (χ3n) is 5.75. The van der Waals surface area contributed by atoms with Gasteiger partial charge in [0.1, 0.15) is 34.2 Å². The second kappa shape index (κ2) is 8.01. The third-order valence-corrected chi connectivity index (χ3v) is 7.12. The van der Waals surface area contributed by atoms with Gasteiger partial charge in [-0.1, -0.05) is 0 Å². The van der Waals surface area contributed by atoms with Gasteiger partial charge >= 0.3 is 0 Å². The first kappa shape index (κ1) is 23.0. The van der Waals surface area contributed by atoms with Crippen LogP contribution in [-0.4, -0.2) is 39.7 Å². The SMILES string of the molecule is Cc1cc(S(=O)(=O)Nc2ccncn2)c(F)cc1O[C@]1(C)CC(F)(F)C[C@@H]1c1ccnn1C. The van der Waals surface area contributed by atoms with Crippen LogP contribution in [0, 0.1) is 12.7 Å². The maximum atomic E-state index is 14.9. The maximum absolute atomic E-state index is 14.9. The molecule has 8 nitrogen and oxygen atoms in total. The Balaban J connectivity index is 1.66. The highest BCUT2D eigenvalue weighted by atomic mass is 32.2. The largest absolute Gasteiger partial charge is 0.486 e. The first-order valence-corrected chi connectivity index (χ1v) is 11.5. The van der Waals surface area contributed by atoms with E-state index in [4.69, 9.17) is 4.74 Å². The molecule has 1 saturated carbocycles. The third kappa shape index (κ3) is 4.52. The zero-order chi connectivity index (χ0) is 24.0. The fourth-order valence-electron chi connectivity index (χ4n) is 4.22. The van der Waals surface area contributed by atoms with Crippen molar-refractivity contribution in [3.63, 3.8) is 0 Å². The zero-order valence-corrected chi connectivity index (χ0v) is 18.9. The topological polar surface area (TPSA) is 99.0 Å². The number of nitrogens with zero attached hydrogens (tertiary/aromatic N) is 4. The van der Waals surface area contributed by atoms with E-state index in [0.717, 1.165) is 18.5 Å². The van der Waals surface area contributed by atoms with Crippen LogP contribution < -0.4 is 9.46 Å². The van der Waals surface area contributed by atoms with E-state index in [9.17, 15) is 21.6 Å². The molecule has 12 heteroatoms. The van der Waals surface area contributed by atoms with Gasteiger partial charge < -0.3 is 4.74 Å². The number of alkyl halides is 2. The Bertz CT molecular complexity index is 1280. The quantitative estimate of drug-likeness (QED) is 0.575. The van der Waals surface area contributed by atoms with Gasteiger partial charge in [0, 0.05) is 43.5 Å². The molecule has 0 amide bonds. The highest BCUT2D eigenvalue weighted by molar-refractivity contribution is 7.92. The summed E-state index contributed by atoms with van der Waals surface area (Å²) in [6.07, 6.45) is 2.97. The minimum absolute atomic E-state index is 0.0131. The van der Waals surface area contributed by atoms with Crippen LogP contribution in [0.5, 0.6) is 5.75 Å². The maximum Gasteiger partial charge on any atom is 0.265 e. The normalized spacial score (nSPS) is 22.3. The molecule has 1 aliphatic rings. The molecule has 0 saturated heterocycles. The highest BCUT2D eigenvalue weighted by Crippen LogP contribution is 2.52. The van der Waals surface area contributed by atoms with E-state index >= 15 is 0 Å². The summed E-state index contributed by atoms with van der Waals surface area (Å²) in [5, 5.41) is 4.06. The Hall–Kier alpha value is -3.15. The molecule has 1 aromatic carbocycles. The minimum atomic E-state index is -4.30. The van der Waals surface area contributed by atoms with Gasteiger partial charge in [0.15, 0.2) is 0 Å². The van der Waals surface area contributed by atoms with Gasteiger partial charge in [0.2, 0.25) is 0 Å². The summed E-state index contributed by atoms with van der Waals surface area (Å²) < 4.78 is 78.8. The molecule has 0 aliphatic heterocycles. The molecule has 2 heterocycles. The number of benzene rings is 1. The predicted octanol–water partition coefficient (Wildman–Crippen LogP) is 3.81. The molecule has 3 aromatic rings. The molecule has 176 valence electrons. The number of nitrogens with one attached hydrogen (secondary N) is 1. The van der Waals surface area contributed by atoms with E-state index in [0.29, 0.717) is 5.69 Å². The second-order valence-electron chi connectivity index (χ2n) is 8.33. The van der Waals surface area contributed by atoms with E-state index in [1.165, 1.54) is 30.1 Å². The van der Waals surface area contributed by atoms with Crippen LogP contribution >= 0.6 is 0 Å². The molecule has 1 aliphatic carbocycles. The number of halogens is 3. The van der Waals surface area contributed by atoms with Gasteiger partial charge in [-0.25, -0.2) is 31.6 Å². The second-order valence-corrected chi connectivity index (χ2v) is 9.98. The van der Waals surface area contributed by atoms with Crippen molar-refractivity contribution in [2.24, 2.45) is 7.05 Å². The Morgan fingerprint density at radius 3 is 2.64 bits per heavy atom. The lowest BCUT2D eigenvalue weighted by atomic mass is 9.89. The lowest BCUT2D eigenvalue weighted by molar-refractivity contribution is -0.0190. The smallest absolute Gasteiger partial charge is 0.265 e. The average Bonchev–Trinajstić information content (AvgIpc) is 3.23. The van der Waals surface area contributed by atoms with Crippen molar-refractivity contribution in [3.8, 4) is 5.75 Å². The van der Waals surface area contributed by atoms with E-state index in [2.05, 4.69) is 19.8 Å². The summed E-state index contributed by atoms with van der Waals surface area (Å²) >= 11 is 0. The molecular weight excluding hydrogens is 459 g/mol. The molecule has 1 fully saturated rings. The number of rotatable bonds is 6. The van der Waals surface area contributed by atoms with Gasteiger partial charge in [-0.3, -0.25) is 9.40 Å². The fraction of sp³-hybridized carbons (Fsp3) is 0.381. The number of hydrogen-bond acceptors (Lipinski definition) is 6. The molecule has 33 heavy (non-hydrogen) atoms. The Kier molecular flexibility index (Phi) is 5.59. The van der Waals surface area contributed by atoms with Gasteiger partial charge in [0.05, 0.1) is 6.42 Å². The van der Waals surface area contributed by atoms with Crippen molar-refractivity contribution in [3.05, 3.63) is 60.1 Å². The van der Waals surface area contributed by atoms with E-state index < -0.39 is 51.0 Å². The van der Waals surface area contributed by atoms with Gasteiger partial charge in [-0.05, 0) is 37.6 Å². The van der Waals surface area contributed by atoms with Crippen molar-refractivity contribution in [2.75, 3.05) is 4.72 Å². The molecule has 0 spiro atoms. The summed E-state index contributed by atoms with van der Waals surface area (Å²) in [7, 11) is -2.64. The Morgan fingerprint density at radius 1 is 1.24 bits per heavy atom. The number of aromatic nitrogens is 4. The number of ether oxygens (including phenoxy) is 1. The molecule has 2 atom stereocenters. The minimum Gasteiger partial charge on any atom is -0.486 e. The van der Waals surface area contributed by atoms with Crippen LogP contribution in [0.2, 0.25) is 0 Å². The summed E-state index contributed by atoms with van der Waals surface area (Å²) in [6, 6.07) is 4.98. The molecule has 0 radical (unpaired) electrons. The summed E-state index contributed by atoms with van der Waals surface area (Å²) in [6.45, 7) is 3.07. The van der Waals surface area contributed by atoms with Crippen LogP contribution in [0.4, 0.5) is 19.0 Å². The Labute approximate surface area is 188 Å². The fourth-order valence-corrected chi connectivity index (χ4v) is 5.38. The van der Waals surface area contributed by atoms with Crippen LogP contribution in [0.15, 0.2) is 47.9 Å². The summed E-state index contributed by atoms with van der Waals surface area (Å²) in [5.41, 5.74) is -0.519. The molecule has 1 N–H and O–H groups in total. The zero-order valence-electron chi connectivity index (χ0n) is 18.1. The van der Waals surface area contributed by atoms with Crippen LogP contribution in [0.1, 0.15) is 36.9 Å². The lowest BCUT2D eigenvalue weighted by Gasteiger charge is -2.33. The highest BCUT2D eigenvalue weighted by Gasteiger charge is 2.57. The van der Waals surface area contributed by atoms with Crippen molar-refractivity contribution >= 4 is 15.8 Å². The number of anilines is 1. The lowest BCUT2D eigenvalue weighted by Crippen LogP contribution is -2.37. The van der Waals surface area contributed by atoms with Crippen molar-refractivity contribution in [1.29, 1.82) is 0 Å². The molecule has 2 aromatic heterocycles. The van der Waals surface area contributed by atoms with Crippen molar-refractivity contribution < 1.29 is 26.3 Å². The predicted molar refractivity (Wildman–Crippen MR) is 113 cm³/mol. The van der Waals surface area contributed by atoms with Crippen LogP contribution in [0.3, 0.4) is 0 Å². The number of aryl methyl sites for hydroxylation is 2.